The zero-order valence-corrected chi connectivity index (χ0v) is 22.4. The molecule has 4 heteroatoms. The first-order chi connectivity index (χ1) is 18.5. The zero-order chi connectivity index (χ0) is 26.7. The molecule has 0 saturated heterocycles. The average molecular weight is 506 g/mol. The number of ketones is 1. The van der Waals surface area contributed by atoms with Gasteiger partial charge in [0.2, 0.25) is 0 Å². The SMILES string of the molecule is C/C(=C/C(=O)CCc1cc(OCc2ccccc2)c(C)cc1OCc1ccccc1)Nc1ccc(C)cc1. The largest absolute Gasteiger partial charge is 0.489 e. The van der Waals surface area contributed by atoms with E-state index in [-0.39, 0.29) is 5.78 Å². The van der Waals surface area contributed by atoms with Gasteiger partial charge in [-0.05, 0) is 73.7 Å². The van der Waals surface area contributed by atoms with Gasteiger partial charge in [0, 0.05) is 23.9 Å². The molecule has 0 aromatic heterocycles. The molecule has 0 radical (unpaired) electrons. The van der Waals surface area contributed by atoms with Gasteiger partial charge in [0.1, 0.15) is 24.7 Å². The summed E-state index contributed by atoms with van der Waals surface area (Å²) in [6.45, 7) is 6.93. The lowest BCUT2D eigenvalue weighted by molar-refractivity contribution is -0.114. The maximum absolute atomic E-state index is 12.8. The number of benzene rings is 4. The van der Waals surface area contributed by atoms with Crippen LogP contribution in [0.3, 0.4) is 0 Å². The van der Waals surface area contributed by atoms with Crippen LogP contribution in [0.5, 0.6) is 11.5 Å². The van der Waals surface area contributed by atoms with Crippen molar-refractivity contribution >= 4 is 11.5 Å². The Morgan fingerprint density at radius 3 is 1.95 bits per heavy atom. The number of ether oxygens (including phenoxy) is 2. The molecule has 0 saturated carbocycles. The highest BCUT2D eigenvalue weighted by Crippen LogP contribution is 2.31. The Morgan fingerprint density at radius 2 is 1.34 bits per heavy atom. The van der Waals surface area contributed by atoms with Crippen LogP contribution in [0.2, 0.25) is 0 Å². The Hall–Kier alpha value is -4.31. The van der Waals surface area contributed by atoms with E-state index in [0.29, 0.717) is 26.1 Å². The Labute approximate surface area is 226 Å². The van der Waals surface area contributed by atoms with Gasteiger partial charge >= 0.3 is 0 Å². The molecule has 4 rings (SSSR count). The quantitative estimate of drug-likeness (QED) is 0.198. The van der Waals surface area contributed by atoms with Crippen molar-refractivity contribution < 1.29 is 14.3 Å². The van der Waals surface area contributed by atoms with Crippen LogP contribution in [0, 0.1) is 13.8 Å². The third-order valence-electron chi connectivity index (χ3n) is 6.24. The van der Waals surface area contributed by atoms with Gasteiger partial charge in [0.05, 0.1) is 0 Å². The normalized spacial score (nSPS) is 11.2. The molecular formula is C34H35NO3. The summed E-state index contributed by atoms with van der Waals surface area (Å²) >= 11 is 0. The molecule has 0 bridgehead atoms. The van der Waals surface area contributed by atoms with Crippen LogP contribution in [0.25, 0.3) is 0 Å². The van der Waals surface area contributed by atoms with Crippen molar-refractivity contribution in [1.82, 2.24) is 0 Å². The molecule has 0 unspecified atom stereocenters. The first kappa shape index (κ1) is 26.7. The van der Waals surface area contributed by atoms with Crippen molar-refractivity contribution in [3.05, 3.63) is 137 Å². The number of rotatable bonds is 12. The van der Waals surface area contributed by atoms with Crippen molar-refractivity contribution in [1.29, 1.82) is 0 Å². The van der Waals surface area contributed by atoms with E-state index in [1.54, 1.807) is 6.08 Å². The summed E-state index contributed by atoms with van der Waals surface area (Å²) < 4.78 is 12.4. The minimum absolute atomic E-state index is 0.0587. The van der Waals surface area contributed by atoms with Gasteiger partial charge < -0.3 is 14.8 Å². The third kappa shape index (κ3) is 8.10. The van der Waals surface area contributed by atoms with E-state index in [1.165, 1.54) is 5.56 Å². The molecule has 0 aliphatic rings. The lowest BCUT2D eigenvalue weighted by Crippen LogP contribution is -2.05. The Balaban J connectivity index is 1.46. The second-order valence-electron chi connectivity index (χ2n) is 9.56. The standard InChI is InChI=1S/C34H35NO3/c1-25-14-17-31(18-15-25)35-27(3)21-32(36)19-16-30-22-33(37-23-28-10-6-4-7-11-28)26(2)20-34(30)38-24-29-12-8-5-9-13-29/h4-15,17-18,20-22,35H,16,19,23-24H2,1-3H3/b27-21-. The topological polar surface area (TPSA) is 47.6 Å². The summed E-state index contributed by atoms with van der Waals surface area (Å²) in [5.74, 6) is 1.64. The number of hydrogen-bond donors (Lipinski definition) is 1. The van der Waals surface area contributed by atoms with Crippen molar-refractivity contribution in [2.24, 2.45) is 0 Å². The Morgan fingerprint density at radius 1 is 0.763 bits per heavy atom. The summed E-state index contributed by atoms with van der Waals surface area (Å²) in [6, 6.07) is 32.3. The summed E-state index contributed by atoms with van der Waals surface area (Å²) in [5, 5.41) is 3.29. The fourth-order valence-electron chi connectivity index (χ4n) is 4.13. The van der Waals surface area contributed by atoms with E-state index in [1.807, 2.05) is 111 Å². The minimum atomic E-state index is 0.0587. The summed E-state index contributed by atoms with van der Waals surface area (Å²) in [4.78, 5) is 12.8. The monoisotopic (exact) mass is 505 g/mol. The number of aryl methyl sites for hydroxylation is 3. The number of carbonyl (C=O) groups is 1. The fraction of sp³-hybridized carbons (Fsp3) is 0.206. The third-order valence-corrected chi connectivity index (χ3v) is 6.24. The molecule has 38 heavy (non-hydrogen) atoms. The van der Waals surface area contributed by atoms with Crippen molar-refractivity contribution in [3.63, 3.8) is 0 Å². The van der Waals surface area contributed by atoms with Gasteiger partial charge in [0.15, 0.2) is 5.78 Å². The summed E-state index contributed by atoms with van der Waals surface area (Å²) in [7, 11) is 0. The molecule has 0 aliphatic carbocycles. The molecular weight excluding hydrogens is 470 g/mol. The summed E-state index contributed by atoms with van der Waals surface area (Å²) in [6.07, 6.45) is 2.60. The van der Waals surface area contributed by atoms with Crippen LogP contribution in [0.15, 0.2) is 109 Å². The van der Waals surface area contributed by atoms with Crippen molar-refractivity contribution in [2.45, 2.75) is 46.8 Å². The van der Waals surface area contributed by atoms with E-state index in [2.05, 4.69) is 12.2 Å². The molecule has 0 aliphatic heterocycles. The zero-order valence-electron chi connectivity index (χ0n) is 22.4. The molecule has 4 aromatic rings. The van der Waals surface area contributed by atoms with E-state index in [0.717, 1.165) is 45.1 Å². The number of allylic oxidation sites excluding steroid dienone is 2. The molecule has 0 atom stereocenters. The molecule has 0 fully saturated rings. The number of hydrogen-bond acceptors (Lipinski definition) is 4. The highest BCUT2D eigenvalue weighted by molar-refractivity contribution is 5.90. The first-order valence-electron chi connectivity index (χ1n) is 13.0. The molecule has 4 nitrogen and oxygen atoms in total. The highest BCUT2D eigenvalue weighted by atomic mass is 16.5. The van der Waals surface area contributed by atoms with Gasteiger partial charge in [-0.1, -0.05) is 78.4 Å². The van der Waals surface area contributed by atoms with E-state index < -0.39 is 0 Å². The lowest BCUT2D eigenvalue weighted by atomic mass is 10.0. The molecule has 0 amide bonds. The van der Waals surface area contributed by atoms with Crippen LogP contribution >= 0.6 is 0 Å². The predicted molar refractivity (Wildman–Crippen MR) is 155 cm³/mol. The minimum Gasteiger partial charge on any atom is -0.489 e. The highest BCUT2D eigenvalue weighted by Gasteiger charge is 2.13. The van der Waals surface area contributed by atoms with Crippen LogP contribution < -0.4 is 14.8 Å². The van der Waals surface area contributed by atoms with Crippen LogP contribution in [-0.4, -0.2) is 5.78 Å². The Bertz CT molecular complexity index is 1360. The predicted octanol–water partition coefficient (Wildman–Crippen LogP) is 7.98. The summed E-state index contributed by atoms with van der Waals surface area (Å²) in [5.41, 5.74) is 7.14. The van der Waals surface area contributed by atoms with Gasteiger partial charge in [-0.2, -0.15) is 0 Å². The van der Waals surface area contributed by atoms with Crippen molar-refractivity contribution in [2.75, 3.05) is 5.32 Å². The number of carbonyl (C=O) groups excluding carboxylic acids is 1. The van der Waals surface area contributed by atoms with E-state index in [9.17, 15) is 4.79 Å². The molecule has 4 aromatic carbocycles. The smallest absolute Gasteiger partial charge is 0.157 e. The van der Waals surface area contributed by atoms with Crippen LogP contribution in [0.4, 0.5) is 5.69 Å². The van der Waals surface area contributed by atoms with Gasteiger partial charge in [-0.3, -0.25) is 4.79 Å². The maximum atomic E-state index is 12.8. The molecule has 0 spiro atoms. The lowest BCUT2D eigenvalue weighted by Gasteiger charge is -2.16. The molecule has 194 valence electrons. The van der Waals surface area contributed by atoms with Crippen molar-refractivity contribution in [3.8, 4) is 11.5 Å². The van der Waals surface area contributed by atoms with E-state index >= 15 is 0 Å². The van der Waals surface area contributed by atoms with Gasteiger partial charge in [0.25, 0.3) is 0 Å². The van der Waals surface area contributed by atoms with Crippen LogP contribution in [-0.2, 0) is 24.4 Å². The Kier molecular flexibility index (Phi) is 9.36. The van der Waals surface area contributed by atoms with E-state index in [4.69, 9.17) is 9.47 Å². The number of nitrogens with one attached hydrogen (secondary N) is 1. The molecule has 0 heterocycles. The first-order valence-corrected chi connectivity index (χ1v) is 13.0. The molecule has 1 N–H and O–H groups in total. The number of anilines is 1. The maximum Gasteiger partial charge on any atom is 0.157 e. The van der Waals surface area contributed by atoms with Crippen LogP contribution in [0.1, 0.15) is 41.2 Å². The second kappa shape index (κ2) is 13.3. The fourth-order valence-corrected chi connectivity index (χ4v) is 4.13. The second-order valence-corrected chi connectivity index (χ2v) is 9.56. The van der Waals surface area contributed by atoms with Gasteiger partial charge in [-0.25, -0.2) is 0 Å². The average Bonchev–Trinajstić information content (AvgIpc) is 2.93. The van der Waals surface area contributed by atoms with Gasteiger partial charge in [-0.15, -0.1) is 0 Å².